The Labute approximate surface area is 160 Å². The molecule has 1 heterocycles. The molecule has 10 heteroatoms. The molecule has 0 aliphatic carbocycles. The molecule has 1 aromatic rings. The summed E-state index contributed by atoms with van der Waals surface area (Å²) < 4.78 is 51.9. The zero-order valence-corrected chi connectivity index (χ0v) is 15.3. The number of carbonyl (C=O) groups excluding carboxylic acids is 1. The minimum absolute atomic E-state index is 0. The molecule has 2 N–H and O–H groups in total. The topological polar surface area (TPSA) is 69.6 Å². The second-order valence-electron chi connectivity index (χ2n) is 6.39. The Kier molecular flexibility index (Phi) is 8.04. The summed E-state index contributed by atoms with van der Waals surface area (Å²) in [5.41, 5.74) is 0.809. The summed E-state index contributed by atoms with van der Waals surface area (Å²) in [5.74, 6) is -5.93. The third-order valence-corrected chi connectivity index (χ3v) is 4.64. The number of carboxylic acid groups (broad SMARTS) is 1. The number of hydrogen-bond donors (Lipinski definition) is 2. The van der Waals surface area contributed by atoms with E-state index in [1.54, 1.807) is 12.1 Å². The molecular formula is C17H21ClF4N2O3. The fraction of sp³-hybridized carbons (Fsp3) is 0.529. The summed E-state index contributed by atoms with van der Waals surface area (Å²) in [5, 5.41) is 11.6. The van der Waals surface area contributed by atoms with Crippen LogP contribution >= 0.6 is 12.4 Å². The van der Waals surface area contributed by atoms with Gasteiger partial charge in [0.2, 0.25) is 5.91 Å². The minimum atomic E-state index is -4.63. The van der Waals surface area contributed by atoms with E-state index in [4.69, 9.17) is 5.11 Å². The van der Waals surface area contributed by atoms with Crippen LogP contribution in [-0.2, 0) is 16.0 Å². The first-order chi connectivity index (χ1) is 12.1. The average Bonchev–Trinajstić information content (AvgIpc) is 3.01. The van der Waals surface area contributed by atoms with Gasteiger partial charge >= 0.3 is 12.1 Å². The second kappa shape index (κ2) is 9.36. The number of likely N-dealkylation sites (tertiary alicyclic amines) is 1. The predicted molar refractivity (Wildman–Crippen MR) is 92.1 cm³/mol. The Morgan fingerprint density at radius 1 is 1.26 bits per heavy atom. The molecule has 1 amide bonds. The Morgan fingerprint density at radius 2 is 1.85 bits per heavy atom. The Balaban J connectivity index is 0.00000364. The van der Waals surface area contributed by atoms with Crippen molar-refractivity contribution in [2.45, 2.75) is 25.6 Å². The van der Waals surface area contributed by atoms with Crippen LogP contribution in [0.15, 0.2) is 24.3 Å². The number of amides is 1. The number of benzene rings is 1. The molecule has 1 fully saturated rings. The van der Waals surface area contributed by atoms with E-state index in [2.05, 4.69) is 5.32 Å². The van der Waals surface area contributed by atoms with Gasteiger partial charge in [-0.15, -0.1) is 12.4 Å². The van der Waals surface area contributed by atoms with Crippen LogP contribution in [-0.4, -0.2) is 53.7 Å². The van der Waals surface area contributed by atoms with Crippen molar-refractivity contribution >= 4 is 24.3 Å². The Bertz CT molecular complexity index is 655. The summed E-state index contributed by atoms with van der Waals surface area (Å²) in [6.07, 6.45) is -4.18. The lowest BCUT2D eigenvalue weighted by molar-refractivity contribution is -0.188. The number of aliphatic carboxylic acids is 1. The highest BCUT2D eigenvalue weighted by molar-refractivity contribution is 5.85. The van der Waals surface area contributed by atoms with E-state index in [0.717, 1.165) is 5.56 Å². The molecule has 0 saturated carbocycles. The zero-order chi connectivity index (χ0) is 19.5. The molecule has 2 rings (SSSR count). The van der Waals surface area contributed by atoms with Crippen molar-refractivity contribution < 1.29 is 32.3 Å². The zero-order valence-electron chi connectivity index (χ0n) is 14.5. The molecule has 5 nitrogen and oxygen atoms in total. The van der Waals surface area contributed by atoms with Gasteiger partial charge in [0.05, 0.1) is 17.9 Å². The standard InChI is InChI=1S/C17H20F4N2O3.ClH/c1-10(15(24)22-7-6-11-2-4-12(18)5-3-11)23-8-13(16(25)26)14(9-23)17(19,20)21;/h2-5,10,13-14H,6-9H2,1H3,(H,22,24)(H,25,26);1H/t10?,13-,14-;/m1./s1. The van der Waals surface area contributed by atoms with Crippen molar-refractivity contribution in [2.75, 3.05) is 19.6 Å². The quantitative estimate of drug-likeness (QED) is 0.704. The summed E-state index contributed by atoms with van der Waals surface area (Å²) in [7, 11) is 0. The van der Waals surface area contributed by atoms with Gasteiger partial charge in [-0.05, 0) is 31.0 Å². The first-order valence-electron chi connectivity index (χ1n) is 8.15. The molecule has 27 heavy (non-hydrogen) atoms. The number of carbonyl (C=O) groups is 2. The molecule has 0 aromatic heterocycles. The third kappa shape index (κ3) is 6.07. The van der Waals surface area contributed by atoms with Gasteiger partial charge in [0.25, 0.3) is 0 Å². The first kappa shape index (κ1) is 23.2. The highest BCUT2D eigenvalue weighted by Gasteiger charge is 2.53. The molecule has 0 spiro atoms. The van der Waals surface area contributed by atoms with Gasteiger partial charge in [-0.2, -0.15) is 13.2 Å². The van der Waals surface area contributed by atoms with Gasteiger partial charge in [0, 0.05) is 19.6 Å². The third-order valence-electron chi connectivity index (χ3n) is 4.64. The first-order valence-corrected chi connectivity index (χ1v) is 8.15. The van der Waals surface area contributed by atoms with Crippen LogP contribution in [0, 0.1) is 17.7 Å². The van der Waals surface area contributed by atoms with Crippen molar-refractivity contribution in [2.24, 2.45) is 11.8 Å². The van der Waals surface area contributed by atoms with Crippen molar-refractivity contribution in [1.82, 2.24) is 10.2 Å². The smallest absolute Gasteiger partial charge is 0.393 e. The van der Waals surface area contributed by atoms with Crippen LogP contribution in [0.5, 0.6) is 0 Å². The van der Waals surface area contributed by atoms with Crippen LogP contribution in [0.25, 0.3) is 0 Å². The predicted octanol–water partition coefficient (Wildman–Crippen LogP) is 2.49. The SMILES string of the molecule is CC(C(=O)NCCc1ccc(F)cc1)N1C[C@@H](C(F)(F)F)[C@H](C(=O)O)C1.Cl. The maximum atomic E-state index is 13.0. The molecule has 152 valence electrons. The molecular weight excluding hydrogens is 392 g/mol. The van der Waals surface area contributed by atoms with Crippen molar-refractivity contribution in [3.05, 3.63) is 35.6 Å². The van der Waals surface area contributed by atoms with E-state index in [1.807, 2.05) is 0 Å². The fourth-order valence-corrected chi connectivity index (χ4v) is 3.03. The van der Waals surface area contributed by atoms with E-state index in [0.29, 0.717) is 6.42 Å². The van der Waals surface area contributed by atoms with E-state index in [-0.39, 0.29) is 31.3 Å². The van der Waals surface area contributed by atoms with Crippen LogP contribution in [0.4, 0.5) is 17.6 Å². The molecule has 1 aliphatic rings. The lowest BCUT2D eigenvalue weighted by atomic mass is 9.96. The Hall–Kier alpha value is -1.87. The van der Waals surface area contributed by atoms with E-state index < -0.39 is 42.5 Å². The number of nitrogens with zero attached hydrogens (tertiary/aromatic N) is 1. The van der Waals surface area contributed by atoms with Gasteiger partial charge in [-0.1, -0.05) is 12.1 Å². The number of alkyl halides is 3. The molecule has 1 aliphatic heterocycles. The van der Waals surface area contributed by atoms with Gasteiger partial charge in [0.1, 0.15) is 5.82 Å². The van der Waals surface area contributed by atoms with Crippen LogP contribution in [0.2, 0.25) is 0 Å². The number of hydrogen-bond acceptors (Lipinski definition) is 3. The summed E-state index contributed by atoms with van der Waals surface area (Å²) in [6, 6.07) is 4.88. The molecule has 3 atom stereocenters. The van der Waals surface area contributed by atoms with Crippen LogP contribution in [0.3, 0.4) is 0 Å². The monoisotopic (exact) mass is 412 g/mol. The summed E-state index contributed by atoms with van der Waals surface area (Å²) in [6.45, 7) is 0.845. The lowest BCUT2D eigenvalue weighted by Gasteiger charge is -2.23. The van der Waals surface area contributed by atoms with Crippen LogP contribution in [0.1, 0.15) is 12.5 Å². The largest absolute Gasteiger partial charge is 0.481 e. The molecule has 0 bridgehead atoms. The highest BCUT2D eigenvalue weighted by atomic mass is 35.5. The van der Waals surface area contributed by atoms with Crippen molar-refractivity contribution in [3.63, 3.8) is 0 Å². The van der Waals surface area contributed by atoms with Gasteiger partial charge < -0.3 is 10.4 Å². The molecule has 1 aromatic carbocycles. The van der Waals surface area contributed by atoms with E-state index >= 15 is 0 Å². The van der Waals surface area contributed by atoms with E-state index in [1.165, 1.54) is 24.0 Å². The molecule has 1 unspecified atom stereocenters. The van der Waals surface area contributed by atoms with Crippen molar-refractivity contribution in [3.8, 4) is 0 Å². The maximum absolute atomic E-state index is 13.0. The molecule has 0 radical (unpaired) electrons. The highest BCUT2D eigenvalue weighted by Crippen LogP contribution is 2.38. The van der Waals surface area contributed by atoms with Crippen molar-refractivity contribution in [1.29, 1.82) is 0 Å². The van der Waals surface area contributed by atoms with E-state index in [9.17, 15) is 27.2 Å². The number of halogens is 5. The lowest BCUT2D eigenvalue weighted by Crippen LogP contribution is -2.45. The van der Waals surface area contributed by atoms with Gasteiger partial charge in [-0.3, -0.25) is 14.5 Å². The number of rotatable bonds is 6. The second-order valence-corrected chi connectivity index (χ2v) is 6.39. The average molecular weight is 413 g/mol. The summed E-state index contributed by atoms with van der Waals surface area (Å²) >= 11 is 0. The normalized spacial score (nSPS) is 21.4. The summed E-state index contributed by atoms with van der Waals surface area (Å²) in [4.78, 5) is 24.5. The minimum Gasteiger partial charge on any atom is -0.481 e. The van der Waals surface area contributed by atoms with Gasteiger partial charge in [-0.25, -0.2) is 4.39 Å². The Morgan fingerprint density at radius 3 is 2.33 bits per heavy atom. The number of nitrogens with one attached hydrogen (secondary N) is 1. The number of carboxylic acids is 1. The molecule has 1 saturated heterocycles. The fourth-order valence-electron chi connectivity index (χ4n) is 3.03. The van der Waals surface area contributed by atoms with Crippen LogP contribution < -0.4 is 5.32 Å². The maximum Gasteiger partial charge on any atom is 0.393 e. The van der Waals surface area contributed by atoms with Gasteiger partial charge in [0.15, 0.2) is 0 Å².